The molecule has 0 saturated heterocycles. The fraction of sp³-hybridized carbons (Fsp3) is 0.312. The molecule has 3 heteroatoms. The molecule has 1 aliphatic heterocycles. The zero-order chi connectivity index (χ0) is 13.2. The predicted molar refractivity (Wildman–Crippen MR) is 77.3 cm³/mol. The van der Waals surface area contributed by atoms with Gasteiger partial charge in [-0.25, -0.2) is 4.98 Å². The van der Waals surface area contributed by atoms with Gasteiger partial charge in [0.25, 0.3) is 0 Å². The van der Waals surface area contributed by atoms with Crippen molar-refractivity contribution in [2.24, 2.45) is 0 Å². The van der Waals surface area contributed by atoms with E-state index in [1.54, 1.807) is 0 Å². The lowest BCUT2D eigenvalue weighted by Gasteiger charge is -2.32. The summed E-state index contributed by atoms with van der Waals surface area (Å²) in [7, 11) is 0. The van der Waals surface area contributed by atoms with Gasteiger partial charge in [-0.05, 0) is 29.7 Å². The number of aromatic nitrogens is 1. The monoisotopic (exact) mass is 254 g/mol. The first-order valence-corrected chi connectivity index (χ1v) is 6.71. The Morgan fingerprint density at radius 2 is 2.00 bits per heavy atom. The average molecular weight is 254 g/mol. The van der Waals surface area contributed by atoms with Gasteiger partial charge in [0.15, 0.2) is 0 Å². The summed E-state index contributed by atoms with van der Waals surface area (Å²) in [5, 5.41) is 0. The second-order valence-corrected chi connectivity index (χ2v) is 5.04. The molecule has 0 unspecified atom stereocenters. The van der Waals surface area contributed by atoms with Gasteiger partial charge in [-0.1, -0.05) is 32.0 Å². The molecule has 1 aromatic heterocycles. The number of nitrogens with zero attached hydrogens (tertiary/aromatic N) is 2. The van der Waals surface area contributed by atoms with Crippen LogP contribution in [-0.2, 0) is 0 Å². The highest BCUT2D eigenvalue weighted by Gasteiger charge is 2.22. The van der Waals surface area contributed by atoms with E-state index < -0.39 is 0 Å². The largest absolute Gasteiger partial charge is 0.490 e. The molecule has 0 fully saturated rings. The molecule has 0 amide bonds. The van der Waals surface area contributed by atoms with Crippen molar-refractivity contribution >= 4 is 11.5 Å². The number of ether oxygens (including phenoxy) is 1. The Kier molecular flexibility index (Phi) is 3.11. The van der Waals surface area contributed by atoms with Crippen LogP contribution in [-0.4, -0.2) is 18.1 Å². The van der Waals surface area contributed by atoms with Crippen LogP contribution in [0, 0.1) is 0 Å². The lowest BCUT2D eigenvalue weighted by atomic mass is 10.0. The Hall–Kier alpha value is -2.03. The van der Waals surface area contributed by atoms with Crippen molar-refractivity contribution in [3.63, 3.8) is 0 Å². The predicted octanol–water partition coefficient (Wildman–Crippen LogP) is 3.74. The van der Waals surface area contributed by atoms with Gasteiger partial charge in [0, 0.05) is 6.20 Å². The quantitative estimate of drug-likeness (QED) is 0.816. The Balaban J connectivity index is 2.09. The summed E-state index contributed by atoms with van der Waals surface area (Å²) in [6, 6.07) is 12.3. The maximum atomic E-state index is 5.71. The van der Waals surface area contributed by atoms with Crippen molar-refractivity contribution in [1.29, 1.82) is 0 Å². The molecular weight excluding hydrogens is 236 g/mol. The zero-order valence-electron chi connectivity index (χ0n) is 11.3. The van der Waals surface area contributed by atoms with Crippen molar-refractivity contribution in [3.05, 3.63) is 48.2 Å². The molecule has 1 aromatic carbocycles. The van der Waals surface area contributed by atoms with Crippen LogP contribution in [0.15, 0.2) is 42.6 Å². The highest BCUT2D eigenvalue weighted by Crippen LogP contribution is 2.38. The van der Waals surface area contributed by atoms with Crippen LogP contribution in [0.5, 0.6) is 5.75 Å². The second kappa shape index (κ2) is 4.92. The number of fused-ring (bicyclic) bond motifs is 1. The molecule has 0 spiro atoms. The summed E-state index contributed by atoms with van der Waals surface area (Å²) in [6.07, 6.45) is 1.86. The molecule has 2 heterocycles. The summed E-state index contributed by atoms with van der Waals surface area (Å²) < 4.78 is 5.71. The Morgan fingerprint density at radius 3 is 2.84 bits per heavy atom. The number of hydrogen-bond acceptors (Lipinski definition) is 3. The third-order valence-electron chi connectivity index (χ3n) is 3.42. The van der Waals surface area contributed by atoms with Crippen molar-refractivity contribution in [2.45, 2.75) is 19.8 Å². The summed E-state index contributed by atoms with van der Waals surface area (Å²) in [5.74, 6) is 2.45. The lowest BCUT2D eigenvalue weighted by molar-refractivity contribution is 0.313. The van der Waals surface area contributed by atoms with Crippen LogP contribution < -0.4 is 9.64 Å². The number of pyridine rings is 1. The van der Waals surface area contributed by atoms with Crippen LogP contribution in [0.4, 0.5) is 11.5 Å². The van der Waals surface area contributed by atoms with E-state index in [-0.39, 0.29) is 0 Å². The van der Waals surface area contributed by atoms with E-state index in [0.717, 1.165) is 23.8 Å². The minimum Gasteiger partial charge on any atom is -0.490 e. The van der Waals surface area contributed by atoms with Gasteiger partial charge in [0.1, 0.15) is 18.2 Å². The van der Waals surface area contributed by atoms with Gasteiger partial charge >= 0.3 is 0 Å². The highest BCUT2D eigenvalue weighted by molar-refractivity contribution is 5.70. The Labute approximate surface area is 113 Å². The van der Waals surface area contributed by atoms with Crippen LogP contribution in [0.2, 0.25) is 0 Å². The highest BCUT2D eigenvalue weighted by atomic mass is 16.5. The van der Waals surface area contributed by atoms with E-state index in [1.807, 2.05) is 30.5 Å². The fourth-order valence-electron chi connectivity index (χ4n) is 2.48. The molecule has 2 aromatic rings. The van der Waals surface area contributed by atoms with E-state index in [0.29, 0.717) is 12.5 Å². The van der Waals surface area contributed by atoms with Gasteiger partial charge in [-0.15, -0.1) is 0 Å². The van der Waals surface area contributed by atoms with Gasteiger partial charge in [0.2, 0.25) is 0 Å². The molecule has 19 heavy (non-hydrogen) atoms. The molecule has 0 atom stereocenters. The van der Waals surface area contributed by atoms with Crippen LogP contribution in [0.25, 0.3) is 0 Å². The fourth-order valence-corrected chi connectivity index (χ4v) is 2.48. The van der Waals surface area contributed by atoms with E-state index >= 15 is 0 Å². The lowest BCUT2D eigenvalue weighted by Crippen LogP contribution is -2.30. The first-order valence-electron chi connectivity index (χ1n) is 6.71. The molecule has 0 bridgehead atoms. The summed E-state index contributed by atoms with van der Waals surface area (Å²) in [6.45, 7) is 5.94. The van der Waals surface area contributed by atoms with Crippen molar-refractivity contribution in [2.75, 3.05) is 18.1 Å². The van der Waals surface area contributed by atoms with Gasteiger partial charge < -0.3 is 9.64 Å². The van der Waals surface area contributed by atoms with Gasteiger partial charge in [-0.2, -0.15) is 0 Å². The van der Waals surface area contributed by atoms with E-state index in [1.165, 1.54) is 5.56 Å². The third-order valence-corrected chi connectivity index (χ3v) is 3.42. The topological polar surface area (TPSA) is 25.4 Å². The first-order chi connectivity index (χ1) is 9.27. The molecule has 0 aliphatic carbocycles. The number of benzene rings is 1. The average Bonchev–Trinajstić information content (AvgIpc) is 2.46. The SMILES string of the molecule is CC(C)c1cccnc1N1CCOc2ccccc21. The van der Waals surface area contributed by atoms with Crippen LogP contribution >= 0.6 is 0 Å². The minimum absolute atomic E-state index is 0.457. The molecule has 0 radical (unpaired) electrons. The minimum atomic E-state index is 0.457. The summed E-state index contributed by atoms with van der Waals surface area (Å²) in [5.41, 5.74) is 2.38. The van der Waals surface area contributed by atoms with Gasteiger partial charge in [-0.3, -0.25) is 0 Å². The zero-order valence-corrected chi connectivity index (χ0v) is 11.3. The maximum absolute atomic E-state index is 5.71. The molecule has 3 rings (SSSR count). The number of hydrogen-bond donors (Lipinski definition) is 0. The summed E-state index contributed by atoms with van der Waals surface area (Å²) in [4.78, 5) is 6.85. The van der Waals surface area contributed by atoms with Gasteiger partial charge in [0.05, 0.1) is 12.2 Å². The van der Waals surface area contributed by atoms with E-state index in [2.05, 4.69) is 35.9 Å². The Bertz CT molecular complexity index is 580. The number of anilines is 2. The van der Waals surface area contributed by atoms with E-state index in [4.69, 9.17) is 4.74 Å². The molecule has 98 valence electrons. The number of para-hydroxylation sites is 2. The van der Waals surface area contributed by atoms with Crippen molar-refractivity contribution in [3.8, 4) is 5.75 Å². The molecular formula is C16H18N2O. The maximum Gasteiger partial charge on any atom is 0.143 e. The first kappa shape index (κ1) is 12.0. The Morgan fingerprint density at radius 1 is 1.16 bits per heavy atom. The van der Waals surface area contributed by atoms with Crippen LogP contribution in [0.1, 0.15) is 25.3 Å². The van der Waals surface area contributed by atoms with E-state index in [9.17, 15) is 0 Å². The van der Waals surface area contributed by atoms with Crippen molar-refractivity contribution < 1.29 is 4.74 Å². The normalized spacial score (nSPS) is 14.2. The molecule has 0 saturated carbocycles. The smallest absolute Gasteiger partial charge is 0.143 e. The third kappa shape index (κ3) is 2.16. The van der Waals surface area contributed by atoms with Crippen LogP contribution in [0.3, 0.4) is 0 Å². The standard InChI is InChI=1S/C16H18N2O/c1-12(2)13-6-5-9-17-16(13)18-10-11-19-15-8-4-3-7-14(15)18/h3-9,12H,10-11H2,1-2H3. The second-order valence-electron chi connectivity index (χ2n) is 5.04. The molecule has 1 aliphatic rings. The number of rotatable bonds is 2. The summed E-state index contributed by atoms with van der Waals surface area (Å²) >= 11 is 0. The van der Waals surface area contributed by atoms with Crippen molar-refractivity contribution in [1.82, 2.24) is 4.98 Å². The molecule has 3 nitrogen and oxygen atoms in total. The molecule has 0 N–H and O–H groups in total.